The Hall–Kier alpha value is -1.10. The van der Waals surface area contributed by atoms with Gasteiger partial charge < -0.3 is 14.6 Å². The Kier molecular flexibility index (Phi) is 38.3. The number of hydrogen-bond acceptors (Lipinski definition) is 5. The fourth-order valence-electron chi connectivity index (χ4n) is 6.81. The number of esters is 2. The zero-order valence-electron chi connectivity index (χ0n) is 34.3. The molecule has 0 saturated heterocycles. The van der Waals surface area contributed by atoms with Crippen molar-refractivity contribution >= 4 is 11.9 Å². The summed E-state index contributed by atoms with van der Waals surface area (Å²) in [6, 6.07) is 0. The van der Waals surface area contributed by atoms with Gasteiger partial charge in [-0.2, -0.15) is 0 Å². The normalized spacial score (nSPS) is 12.2. The van der Waals surface area contributed by atoms with E-state index in [4.69, 9.17) is 9.47 Å². The number of aliphatic hydroxyl groups excluding tert-OH is 1. The molecular formula is C45H88O5. The second kappa shape index (κ2) is 39.1. The highest BCUT2D eigenvalue weighted by atomic mass is 16.6. The molecule has 0 aromatic rings. The first-order valence-corrected chi connectivity index (χ1v) is 22.3. The van der Waals surface area contributed by atoms with E-state index >= 15 is 0 Å². The van der Waals surface area contributed by atoms with Crippen LogP contribution in [-0.2, 0) is 19.1 Å². The van der Waals surface area contributed by atoms with Crippen molar-refractivity contribution in [3.05, 3.63) is 0 Å². The minimum absolute atomic E-state index is 0.108. The first-order chi connectivity index (χ1) is 24.3. The first-order valence-electron chi connectivity index (χ1n) is 22.3. The van der Waals surface area contributed by atoms with E-state index in [1.807, 2.05) is 0 Å². The highest BCUT2D eigenvalue weighted by Gasteiger charge is 2.12. The van der Waals surface area contributed by atoms with Crippen LogP contribution in [0.25, 0.3) is 0 Å². The van der Waals surface area contributed by atoms with Crippen LogP contribution < -0.4 is 0 Å². The number of aliphatic hydroxyl groups is 1. The van der Waals surface area contributed by atoms with E-state index in [1.54, 1.807) is 0 Å². The number of ether oxygens (including phenoxy) is 2. The van der Waals surface area contributed by atoms with E-state index in [2.05, 4.69) is 27.7 Å². The van der Waals surface area contributed by atoms with Gasteiger partial charge in [0.05, 0.1) is 0 Å². The van der Waals surface area contributed by atoms with Crippen LogP contribution in [0, 0.1) is 11.8 Å². The molecule has 0 bridgehead atoms. The van der Waals surface area contributed by atoms with E-state index in [0.29, 0.717) is 12.8 Å². The first kappa shape index (κ1) is 48.9. The van der Waals surface area contributed by atoms with Gasteiger partial charge in [0, 0.05) is 12.8 Å². The summed E-state index contributed by atoms with van der Waals surface area (Å²) in [5, 5.41) is 10.0. The second-order valence-corrected chi connectivity index (χ2v) is 16.5. The van der Waals surface area contributed by atoms with E-state index < -0.39 is 6.10 Å². The number of carbonyl (C=O) groups excluding carboxylic acids is 2. The van der Waals surface area contributed by atoms with Crippen LogP contribution in [0.2, 0.25) is 0 Å². The maximum absolute atomic E-state index is 12.0. The Morgan fingerprint density at radius 3 is 0.780 bits per heavy atom. The average Bonchev–Trinajstić information content (AvgIpc) is 3.08. The van der Waals surface area contributed by atoms with Gasteiger partial charge in [0.2, 0.25) is 0 Å². The van der Waals surface area contributed by atoms with Gasteiger partial charge in [0.1, 0.15) is 19.3 Å². The standard InChI is InChI=1S/C45H88O5/c1-41(2)35-31-27-23-19-15-11-7-5-6-8-13-17-21-25-29-33-37-44(47)49-39-43(46)40-50-45(48)38-34-30-26-22-18-14-10-9-12-16-20-24-28-32-36-42(3)4/h41-43,46H,5-40H2,1-4H3/t43-/m1/s1. The van der Waals surface area contributed by atoms with Crippen molar-refractivity contribution in [1.82, 2.24) is 0 Å². The van der Waals surface area contributed by atoms with Gasteiger partial charge in [0.25, 0.3) is 0 Å². The zero-order valence-corrected chi connectivity index (χ0v) is 34.3. The number of hydrogen-bond donors (Lipinski definition) is 1. The highest BCUT2D eigenvalue weighted by molar-refractivity contribution is 5.69. The monoisotopic (exact) mass is 709 g/mol. The van der Waals surface area contributed by atoms with Crippen LogP contribution in [0.15, 0.2) is 0 Å². The second-order valence-electron chi connectivity index (χ2n) is 16.5. The number of rotatable bonds is 40. The number of carbonyl (C=O) groups is 2. The molecule has 0 radical (unpaired) electrons. The van der Waals surface area contributed by atoms with E-state index in [0.717, 1.165) is 37.5 Å². The fourth-order valence-corrected chi connectivity index (χ4v) is 6.81. The molecule has 0 aliphatic carbocycles. The molecule has 5 heteroatoms. The lowest BCUT2D eigenvalue weighted by atomic mass is 10.0. The smallest absolute Gasteiger partial charge is 0.305 e. The number of unbranched alkanes of at least 4 members (excludes halogenated alkanes) is 28. The molecule has 0 amide bonds. The molecule has 0 aromatic carbocycles. The average molecular weight is 709 g/mol. The highest BCUT2D eigenvalue weighted by Crippen LogP contribution is 2.17. The summed E-state index contributed by atoms with van der Waals surface area (Å²) in [6.45, 7) is 9.06. The minimum atomic E-state index is -0.956. The predicted molar refractivity (Wildman–Crippen MR) is 215 cm³/mol. The van der Waals surface area contributed by atoms with Crippen LogP contribution in [-0.4, -0.2) is 36.4 Å². The Balaban J connectivity index is 3.36. The van der Waals surface area contributed by atoms with Crippen molar-refractivity contribution < 1.29 is 24.2 Å². The van der Waals surface area contributed by atoms with Crippen LogP contribution in [0.3, 0.4) is 0 Å². The summed E-state index contributed by atoms with van der Waals surface area (Å²) in [5.41, 5.74) is 0. The van der Waals surface area contributed by atoms with Gasteiger partial charge in [-0.1, -0.05) is 220 Å². The molecule has 0 aliphatic rings. The van der Waals surface area contributed by atoms with Crippen LogP contribution >= 0.6 is 0 Å². The van der Waals surface area contributed by atoms with Crippen molar-refractivity contribution in [3.63, 3.8) is 0 Å². The van der Waals surface area contributed by atoms with Crippen molar-refractivity contribution in [2.45, 2.75) is 252 Å². The lowest BCUT2D eigenvalue weighted by molar-refractivity contribution is -0.152. The molecule has 0 unspecified atom stereocenters. The van der Waals surface area contributed by atoms with Gasteiger partial charge in [0.15, 0.2) is 0 Å². The Morgan fingerprint density at radius 2 is 0.560 bits per heavy atom. The molecule has 0 spiro atoms. The van der Waals surface area contributed by atoms with E-state index in [-0.39, 0.29) is 25.2 Å². The quantitative estimate of drug-likeness (QED) is 0.0507. The van der Waals surface area contributed by atoms with Gasteiger partial charge >= 0.3 is 11.9 Å². The molecule has 1 atom stereocenters. The van der Waals surface area contributed by atoms with Crippen LogP contribution in [0.1, 0.15) is 246 Å². The van der Waals surface area contributed by atoms with Crippen molar-refractivity contribution in [1.29, 1.82) is 0 Å². The fraction of sp³-hybridized carbons (Fsp3) is 0.956. The maximum Gasteiger partial charge on any atom is 0.305 e. The predicted octanol–water partition coefficient (Wildman–Crippen LogP) is 14.0. The molecule has 0 heterocycles. The molecule has 1 N–H and O–H groups in total. The third-order valence-electron chi connectivity index (χ3n) is 10.2. The summed E-state index contributed by atoms with van der Waals surface area (Å²) >= 11 is 0. The molecule has 0 fully saturated rings. The SMILES string of the molecule is CC(C)CCCCCCCCCCCCCCCCCCC(=O)OC[C@@H](O)COC(=O)CCCCCCCCCCCCCCCCC(C)C. The van der Waals surface area contributed by atoms with E-state index in [9.17, 15) is 14.7 Å². The molecular weight excluding hydrogens is 620 g/mol. The largest absolute Gasteiger partial charge is 0.463 e. The van der Waals surface area contributed by atoms with Crippen molar-refractivity contribution in [3.8, 4) is 0 Å². The Bertz CT molecular complexity index is 706. The lowest BCUT2D eigenvalue weighted by Gasteiger charge is -2.12. The van der Waals surface area contributed by atoms with Gasteiger partial charge in [-0.05, 0) is 24.7 Å². The Morgan fingerprint density at radius 1 is 0.360 bits per heavy atom. The van der Waals surface area contributed by atoms with Gasteiger partial charge in [-0.15, -0.1) is 0 Å². The lowest BCUT2D eigenvalue weighted by Crippen LogP contribution is -2.25. The summed E-state index contributed by atoms with van der Waals surface area (Å²) in [7, 11) is 0. The third-order valence-corrected chi connectivity index (χ3v) is 10.2. The van der Waals surface area contributed by atoms with Gasteiger partial charge in [-0.25, -0.2) is 0 Å². The zero-order chi connectivity index (χ0) is 36.8. The molecule has 298 valence electrons. The van der Waals surface area contributed by atoms with Crippen LogP contribution in [0.5, 0.6) is 0 Å². The third kappa shape index (κ3) is 41.3. The summed E-state index contributed by atoms with van der Waals surface area (Å²) < 4.78 is 10.4. The molecule has 5 nitrogen and oxygen atoms in total. The van der Waals surface area contributed by atoms with Crippen LogP contribution in [0.4, 0.5) is 0 Å². The topological polar surface area (TPSA) is 72.8 Å². The molecule has 0 saturated carbocycles. The summed E-state index contributed by atoms with van der Waals surface area (Å²) in [6.07, 6.45) is 41.7. The van der Waals surface area contributed by atoms with E-state index in [1.165, 1.54) is 180 Å². The summed E-state index contributed by atoms with van der Waals surface area (Å²) in [4.78, 5) is 24.0. The Labute approximate surface area is 312 Å². The molecule has 0 rings (SSSR count). The molecule has 50 heavy (non-hydrogen) atoms. The van der Waals surface area contributed by atoms with Crippen molar-refractivity contribution in [2.24, 2.45) is 11.8 Å². The van der Waals surface area contributed by atoms with Crippen molar-refractivity contribution in [2.75, 3.05) is 13.2 Å². The maximum atomic E-state index is 12.0. The summed E-state index contributed by atoms with van der Waals surface area (Å²) in [5.74, 6) is 1.16. The molecule has 0 aromatic heterocycles. The molecule has 0 aliphatic heterocycles. The van der Waals surface area contributed by atoms with Gasteiger partial charge in [-0.3, -0.25) is 9.59 Å². The minimum Gasteiger partial charge on any atom is -0.463 e.